The van der Waals surface area contributed by atoms with Gasteiger partial charge in [-0.1, -0.05) is 18.2 Å². The van der Waals surface area contributed by atoms with Gasteiger partial charge in [0.2, 0.25) is 5.91 Å². The number of nitrogens with zero attached hydrogens (tertiary/aromatic N) is 1. The van der Waals surface area contributed by atoms with Crippen molar-refractivity contribution in [2.75, 3.05) is 6.54 Å². The zero-order valence-corrected chi connectivity index (χ0v) is 12.5. The summed E-state index contributed by atoms with van der Waals surface area (Å²) in [5, 5.41) is 11.3. The van der Waals surface area contributed by atoms with Gasteiger partial charge in [-0.15, -0.1) is 0 Å². The molecule has 1 aromatic carbocycles. The Morgan fingerprint density at radius 1 is 1.32 bits per heavy atom. The van der Waals surface area contributed by atoms with Crippen LogP contribution in [-0.2, 0) is 16.1 Å². The van der Waals surface area contributed by atoms with Crippen molar-refractivity contribution in [1.29, 1.82) is 0 Å². The molecule has 0 saturated heterocycles. The monoisotopic (exact) mass is 304 g/mol. The Balaban J connectivity index is 1.82. The fourth-order valence-corrected chi connectivity index (χ4v) is 2.49. The van der Waals surface area contributed by atoms with Crippen LogP contribution in [0.2, 0.25) is 0 Å². The van der Waals surface area contributed by atoms with E-state index in [-0.39, 0.29) is 18.2 Å². The van der Waals surface area contributed by atoms with E-state index >= 15 is 0 Å². The number of carbonyl (C=O) groups excluding carboxylic acids is 2. The summed E-state index contributed by atoms with van der Waals surface area (Å²) in [5.74, 6) is -1.17. The molecular formula is C16H20N2O4. The number of nitrogens with one attached hydrogen (secondary N) is 1. The number of benzene rings is 1. The minimum absolute atomic E-state index is 0.103. The number of hydrogen-bond acceptors (Lipinski definition) is 3. The molecule has 0 bridgehead atoms. The lowest BCUT2D eigenvalue weighted by Crippen LogP contribution is -2.45. The standard InChI is InChI=1S/C16H20N2O4/c1-11(15(21)17-9-5-4-8-14(19)20)18-10-12-6-2-3-7-13(12)16(18)22/h2-3,6-7,11H,4-5,8-10H2,1H3,(H,17,21)(H,19,20)/t11-/m0/s1. The third-order valence-corrected chi connectivity index (χ3v) is 3.81. The van der Waals surface area contributed by atoms with Crippen LogP contribution in [-0.4, -0.2) is 40.4 Å². The molecular weight excluding hydrogens is 284 g/mol. The summed E-state index contributed by atoms with van der Waals surface area (Å²) in [6, 6.07) is 6.81. The number of fused-ring (bicyclic) bond motifs is 1. The first-order chi connectivity index (χ1) is 10.5. The zero-order chi connectivity index (χ0) is 16.1. The van der Waals surface area contributed by atoms with E-state index in [1.54, 1.807) is 17.9 Å². The highest BCUT2D eigenvalue weighted by Crippen LogP contribution is 2.24. The van der Waals surface area contributed by atoms with Gasteiger partial charge in [-0.25, -0.2) is 0 Å². The Hall–Kier alpha value is -2.37. The predicted molar refractivity (Wildman–Crippen MR) is 80.3 cm³/mol. The Morgan fingerprint density at radius 2 is 2.05 bits per heavy atom. The molecule has 2 rings (SSSR count). The first-order valence-electron chi connectivity index (χ1n) is 7.39. The summed E-state index contributed by atoms with van der Waals surface area (Å²) >= 11 is 0. The Kier molecular flexibility index (Phi) is 5.14. The van der Waals surface area contributed by atoms with Crippen LogP contribution >= 0.6 is 0 Å². The van der Waals surface area contributed by atoms with E-state index in [1.807, 2.05) is 18.2 Å². The second-order valence-electron chi connectivity index (χ2n) is 5.41. The minimum atomic E-state index is -0.833. The smallest absolute Gasteiger partial charge is 0.303 e. The number of aliphatic carboxylic acids is 1. The quantitative estimate of drug-likeness (QED) is 0.746. The van der Waals surface area contributed by atoms with E-state index in [2.05, 4.69) is 5.32 Å². The van der Waals surface area contributed by atoms with Gasteiger partial charge in [0.15, 0.2) is 0 Å². The van der Waals surface area contributed by atoms with Gasteiger partial charge in [0.25, 0.3) is 5.91 Å². The highest BCUT2D eigenvalue weighted by molar-refractivity contribution is 6.00. The van der Waals surface area contributed by atoms with Crippen LogP contribution in [0.4, 0.5) is 0 Å². The molecule has 6 heteroatoms. The van der Waals surface area contributed by atoms with Crippen molar-refractivity contribution in [1.82, 2.24) is 10.2 Å². The number of hydrogen-bond donors (Lipinski definition) is 2. The van der Waals surface area contributed by atoms with Crippen LogP contribution in [0.15, 0.2) is 24.3 Å². The van der Waals surface area contributed by atoms with Gasteiger partial charge < -0.3 is 15.3 Å². The average molecular weight is 304 g/mol. The van der Waals surface area contributed by atoms with E-state index in [9.17, 15) is 14.4 Å². The van der Waals surface area contributed by atoms with Crippen LogP contribution in [0, 0.1) is 0 Å². The second kappa shape index (κ2) is 7.06. The number of amides is 2. The molecule has 0 radical (unpaired) electrons. The van der Waals surface area contributed by atoms with E-state index in [4.69, 9.17) is 5.11 Å². The van der Waals surface area contributed by atoms with Crippen molar-refractivity contribution in [3.63, 3.8) is 0 Å². The van der Waals surface area contributed by atoms with Crippen molar-refractivity contribution < 1.29 is 19.5 Å². The summed E-state index contributed by atoms with van der Waals surface area (Å²) in [6.07, 6.45) is 1.24. The minimum Gasteiger partial charge on any atom is -0.481 e. The van der Waals surface area contributed by atoms with Gasteiger partial charge in [-0.2, -0.15) is 0 Å². The maximum Gasteiger partial charge on any atom is 0.303 e. The van der Waals surface area contributed by atoms with E-state index < -0.39 is 12.0 Å². The van der Waals surface area contributed by atoms with Crippen molar-refractivity contribution in [3.8, 4) is 0 Å². The van der Waals surface area contributed by atoms with Gasteiger partial charge in [0.05, 0.1) is 0 Å². The van der Waals surface area contributed by atoms with E-state index in [1.165, 1.54) is 0 Å². The largest absolute Gasteiger partial charge is 0.481 e. The van der Waals surface area contributed by atoms with Crippen molar-refractivity contribution in [2.24, 2.45) is 0 Å². The van der Waals surface area contributed by atoms with Crippen molar-refractivity contribution in [2.45, 2.75) is 38.8 Å². The van der Waals surface area contributed by atoms with E-state index in [0.717, 1.165) is 5.56 Å². The van der Waals surface area contributed by atoms with Crippen LogP contribution in [0.5, 0.6) is 0 Å². The van der Waals surface area contributed by atoms with Crippen LogP contribution in [0.3, 0.4) is 0 Å². The molecule has 22 heavy (non-hydrogen) atoms. The topological polar surface area (TPSA) is 86.7 Å². The fraction of sp³-hybridized carbons (Fsp3) is 0.438. The summed E-state index contributed by atoms with van der Waals surface area (Å²) in [6.45, 7) is 2.57. The Morgan fingerprint density at radius 3 is 2.73 bits per heavy atom. The van der Waals surface area contributed by atoms with Gasteiger partial charge in [0, 0.05) is 25.1 Å². The molecule has 0 aliphatic carbocycles. The maximum atomic E-state index is 12.3. The summed E-state index contributed by atoms with van der Waals surface area (Å²) in [7, 11) is 0. The number of rotatable bonds is 7. The number of carboxylic acid groups (broad SMARTS) is 1. The molecule has 1 aliphatic rings. The molecule has 0 aromatic heterocycles. The lowest BCUT2D eigenvalue weighted by molar-refractivity contribution is -0.137. The van der Waals surface area contributed by atoms with Gasteiger partial charge in [-0.05, 0) is 31.4 Å². The molecule has 1 aliphatic heterocycles. The average Bonchev–Trinajstić information content (AvgIpc) is 2.83. The first-order valence-corrected chi connectivity index (χ1v) is 7.39. The number of unbranched alkanes of at least 4 members (excludes halogenated alkanes) is 1. The SMILES string of the molecule is C[C@@H](C(=O)NCCCCC(=O)O)N1Cc2ccccc2C1=O. The molecule has 0 unspecified atom stereocenters. The number of carboxylic acids is 1. The molecule has 2 N–H and O–H groups in total. The number of carbonyl (C=O) groups is 3. The third kappa shape index (κ3) is 3.63. The summed E-state index contributed by atoms with van der Waals surface area (Å²) in [5.41, 5.74) is 1.59. The highest BCUT2D eigenvalue weighted by atomic mass is 16.4. The molecule has 2 amide bonds. The Bertz CT molecular complexity index is 585. The Labute approximate surface area is 129 Å². The lowest BCUT2D eigenvalue weighted by atomic mass is 10.1. The van der Waals surface area contributed by atoms with Crippen molar-refractivity contribution >= 4 is 17.8 Å². The second-order valence-corrected chi connectivity index (χ2v) is 5.41. The normalized spacial score (nSPS) is 14.6. The van der Waals surface area contributed by atoms with Crippen molar-refractivity contribution in [3.05, 3.63) is 35.4 Å². The molecule has 1 aromatic rings. The van der Waals surface area contributed by atoms with Crippen LogP contribution in [0.25, 0.3) is 0 Å². The zero-order valence-electron chi connectivity index (χ0n) is 12.5. The fourth-order valence-electron chi connectivity index (χ4n) is 2.49. The van der Waals surface area contributed by atoms with Gasteiger partial charge in [0.1, 0.15) is 6.04 Å². The molecule has 1 atom stereocenters. The molecule has 118 valence electrons. The van der Waals surface area contributed by atoms with E-state index in [0.29, 0.717) is 31.5 Å². The predicted octanol–water partition coefficient (Wildman–Crippen LogP) is 1.40. The summed E-state index contributed by atoms with van der Waals surface area (Å²) < 4.78 is 0. The molecule has 0 fully saturated rings. The van der Waals surface area contributed by atoms with Gasteiger partial charge >= 0.3 is 5.97 Å². The summed E-state index contributed by atoms with van der Waals surface area (Å²) in [4.78, 5) is 36.3. The molecule has 6 nitrogen and oxygen atoms in total. The molecule has 1 heterocycles. The van der Waals surface area contributed by atoms with Crippen LogP contribution in [0.1, 0.15) is 42.1 Å². The lowest BCUT2D eigenvalue weighted by Gasteiger charge is -2.23. The highest BCUT2D eigenvalue weighted by Gasteiger charge is 2.33. The molecule has 0 spiro atoms. The maximum absolute atomic E-state index is 12.3. The van der Waals surface area contributed by atoms with Gasteiger partial charge in [-0.3, -0.25) is 14.4 Å². The first kappa shape index (κ1) is 16.0. The third-order valence-electron chi connectivity index (χ3n) is 3.81. The molecule has 0 saturated carbocycles. The van der Waals surface area contributed by atoms with Crippen LogP contribution < -0.4 is 5.32 Å².